The predicted molar refractivity (Wildman–Crippen MR) is 111 cm³/mol. The number of amides is 1. The average molecular weight is 404 g/mol. The first-order valence-electron chi connectivity index (χ1n) is 9.67. The number of aromatic nitrogens is 4. The minimum atomic E-state index is -0.379. The highest BCUT2D eigenvalue weighted by atomic mass is 16.3. The molecule has 9 nitrogen and oxygen atoms in total. The third-order valence-electron chi connectivity index (χ3n) is 5.19. The minimum absolute atomic E-state index is 0.177. The molecule has 3 N–H and O–H groups in total. The van der Waals surface area contributed by atoms with Crippen molar-refractivity contribution < 1.29 is 14.3 Å². The van der Waals surface area contributed by atoms with Gasteiger partial charge in [-0.2, -0.15) is 5.10 Å². The number of aryl methyl sites for hydroxylation is 1. The number of aliphatic hydroxyl groups is 1. The van der Waals surface area contributed by atoms with E-state index in [1.807, 2.05) is 25.1 Å². The number of hydrogen-bond acceptors (Lipinski definition) is 7. The summed E-state index contributed by atoms with van der Waals surface area (Å²) in [5, 5.41) is 20.8. The minimum Gasteiger partial charge on any atom is -0.444 e. The van der Waals surface area contributed by atoms with Crippen LogP contribution >= 0.6 is 0 Å². The maximum atomic E-state index is 12.9. The summed E-state index contributed by atoms with van der Waals surface area (Å²) in [4.78, 5) is 23.4. The zero-order valence-corrected chi connectivity index (χ0v) is 16.3. The number of aromatic amines is 1. The van der Waals surface area contributed by atoms with E-state index in [1.165, 1.54) is 6.26 Å². The van der Waals surface area contributed by atoms with Crippen LogP contribution in [0.25, 0.3) is 22.4 Å². The molecular weight excluding hydrogens is 384 g/mol. The summed E-state index contributed by atoms with van der Waals surface area (Å²) in [5.41, 5.74) is 4.03. The lowest BCUT2D eigenvalue weighted by molar-refractivity contribution is 0.102. The molecule has 3 aromatic heterocycles. The van der Waals surface area contributed by atoms with Crippen molar-refractivity contribution in [2.75, 3.05) is 23.3 Å². The maximum absolute atomic E-state index is 12.9. The molecular formula is C21H20N6O3. The van der Waals surface area contributed by atoms with Gasteiger partial charge in [0.05, 0.1) is 29.2 Å². The van der Waals surface area contributed by atoms with Crippen molar-refractivity contribution >= 4 is 28.2 Å². The van der Waals surface area contributed by atoms with Crippen LogP contribution in [-0.2, 0) is 0 Å². The number of H-pyrrole nitrogens is 1. The van der Waals surface area contributed by atoms with Gasteiger partial charge in [-0.3, -0.25) is 14.9 Å². The van der Waals surface area contributed by atoms with Gasteiger partial charge in [0.15, 0.2) is 5.69 Å². The molecule has 0 saturated carbocycles. The summed E-state index contributed by atoms with van der Waals surface area (Å²) in [6.45, 7) is 3.10. The Morgan fingerprint density at radius 3 is 3.07 bits per heavy atom. The Labute approximate surface area is 171 Å². The third-order valence-corrected chi connectivity index (χ3v) is 5.19. The van der Waals surface area contributed by atoms with E-state index in [0.29, 0.717) is 31.1 Å². The van der Waals surface area contributed by atoms with E-state index in [4.69, 9.17) is 4.42 Å². The normalized spacial score (nSPS) is 16.3. The van der Waals surface area contributed by atoms with Crippen molar-refractivity contribution in [1.29, 1.82) is 0 Å². The van der Waals surface area contributed by atoms with Crippen molar-refractivity contribution in [3.8, 4) is 11.5 Å². The molecule has 30 heavy (non-hydrogen) atoms. The van der Waals surface area contributed by atoms with E-state index in [9.17, 15) is 9.90 Å². The van der Waals surface area contributed by atoms with E-state index in [0.717, 1.165) is 27.8 Å². The first-order chi connectivity index (χ1) is 14.6. The highest BCUT2D eigenvalue weighted by Crippen LogP contribution is 2.33. The number of nitrogens with zero attached hydrogens (tertiary/aromatic N) is 4. The number of pyridine rings is 1. The number of carbonyl (C=O) groups is 1. The Morgan fingerprint density at radius 1 is 1.37 bits per heavy atom. The number of benzene rings is 1. The molecule has 152 valence electrons. The molecule has 1 unspecified atom stereocenters. The predicted octanol–water partition coefficient (Wildman–Crippen LogP) is 2.74. The Bertz CT molecular complexity index is 1230. The summed E-state index contributed by atoms with van der Waals surface area (Å²) in [6.07, 6.45) is 5.06. The zero-order valence-electron chi connectivity index (χ0n) is 16.3. The van der Waals surface area contributed by atoms with Crippen LogP contribution in [-0.4, -0.2) is 50.4 Å². The van der Waals surface area contributed by atoms with Gasteiger partial charge in [0.25, 0.3) is 5.91 Å². The van der Waals surface area contributed by atoms with Crippen LogP contribution in [0.5, 0.6) is 0 Å². The molecule has 1 fully saturated rings. The van der Waals surface area contributed by atoms with Gasteiger partial charge in [-0.1, -0.05) is 0 Å². The number of oxazole rings is 1. The van der Waals surface area contributed by atoms with Crippen molar-refractivity contribution in [1.82, 2.24) is 20.2 Å². The lowest BCUT2D eigenvalue weighted by Gasteiger charge is -2.22. The Hall–Kier alpha value is -3.72. The van der Waals surface area contributed by atoms with Gasteiger partial charge in [-0.15, -0.1) is 0 Å². The molecule has 9 heteroatoms. The molecule has 4 aromatic rings. The number of β-amino-alcohol motifs (C(OH)–C–C–N with tert-alkyl or cyclic N) is 1. The number of nitrogens with one attached hydrogen (secondary N) is 2. The number of carbonyl (C=O) groups excluding carboxylic acids is 1. The molecule has 1 aromatic carbocycles. The van der Waals surface area contributed by atoms with Gasteiger partial charge in [0, 0.05) is 35.9 Å². The summed E-state index contributed by atoms with van der Waals surface area (Å²) in [5.74, 6) is -0.0202. The van der Waals surface area contributed by atoms with Crippen LogP contribution < -0.4 is 10.2 Å². The highest BCUT2D eigenvalue weighted by Gasteiger charge is 2.24. The molecule has 1 amide bonds. The topological polar surface area (TPSA) is 120 Å². The molecule has 0 bridgehead atoms. The second-order valence-corrected chi connectivity index (χ2v) is 7.39. The number of anilines is 2. The summed E-state index contributed by atoms with van der Waals surface area (Å²) in [6, 6.07) is 7.42. The van der Waals surface area contributed by atoms with Crippen LogP contribution in [0.2, 0.25) is 0 Å². The van der Waals surface area contributed by atoms with Gasteiger partial charge in [0.1, 0.15) is 6.26 Å². The highest BCUT2D eigenvalue weighted by molar-refractivity contribution is 6.06. The third kappa shape index (κ3) is 3.39. The Morgan fingerprint density at radius 2 is 2.27 bits per heavy atom. The monoisotopic (exact) mass is 404 g/mol. The van der Waals surface area contributed by atoms with Gasteiger partial charge in [-0.05, 0) is 37.6 Å². The quantitative estimate of drug-likeness (QED) is 0.478. The lowest BCUT2D eigenvalue weighted by Crippen LogP contribution is -2.23. The Balaban J connectivity index is 1.44. The first-order valence-corrected chi connectivity index (χ1v) is 9.67. The van der Waals surface area contributed by atoms with Crippen molar-refractivity contribution in [2.24, 2.45) is 0 Å². The summed E-state index contributed by atoms with van der Waals surface area (Å²) >= 11 is 0. The fourth-order valence-electron chi connectivity index (χ4n) is 3.68. The van der Waals surface area contributed by atoms with Gasteiger partial charge < -0.3 is 19.7 Å². The van der Waals surface area contributed by atoms with Gasteiger partial charge >= 0.3 is 0 Å². The van der Waals surface area contributed by atoms with Crippen molar-refractivity contribution in [3.63, 3.8) is 0 Å². The molecule has 0 spiro atoms. The van der Waals surface area contributed by atoms with Crippen LogP contribution in [0, 0.1) is 6.92 Å². The van der Waals surface area contributed by atoms with E-state index in [2.05, 4.69) is 30.4 Å². The molecule has 4 heterocycles. The lowest BCUT2D eigenvalue weighted by atomic mass is 10.2. The smallest absolute Gasteiger partial charge is 0.277 e. The molecule has 0 radical (unpaired) electrons. The zero-order chi connectivity index (χ0) is 20.7. The molecule has 1 atom stereocenters. The maximum Gasteiger partial charge on any atom is 0.277 e. The summed E-state index contributed by atoms with van der Waals surface area (Å²) < 4.78 is 5.51. The van der Waals surface area contributed by atoms with Crippen LogP contribution in [0.3, 0.4) is 0 Å². The number of aliphatic hydroxyl groups excluding tert-OH is 1. The van der Waals surface area contributed by atoms with E-state index < -0.39 is 0 Å². The standard InChI is InChI=1S/C21H20N6O3/c1-12-6-13(2-4-22-12)21-25-18(11-30-21)20(29)24-17-8-16-14(9-23-26-16)7-19(17)27-5-3-15(28)10-27/h2,4,6-9,11,15,28H,3,5,10H2,1H3,(H,23,26)(H,24,29). The van der Waals surface area contributed by atoms with Crippen LogP contribution in [0.1, 0.15) is 22.6 Å². The molecule has 1 aliphatic heterocycles. The Kier molecular flexibility index (Phi) is 4.44. The molecule has 1 aliphatic rings. The SMILES string of the molecule is Cc1cc(-c2nc(C(=O)Nc3cc4[nH]ncc4cc3N3CCC(O)C3)co2)ccn1. The van der Waals surface area contributed by atoms with Crippen LogP contribution in [0.4, 0.5) is 11.4 Å². The largest absolute Gasteiger partial charge is 0.444 e. The van der Waals surface area contributed by atoms with E-state index in [-0.39, 0.29) is 17.7 Å². The van der Waals surface area contributed by atoms with E-state index in [1.54, 1.807) is 18.5 Å². The first kappa shape index (κ1) is 18.3. The van der Waals surface area contributed by atoms with Crippen molar-refractivity contribution in [3.05, 3.63) is 54.3 Å². The fraction of sp³-hybridized carbons (Fsp3) is 0.238. The van der Waals surface area contributed by atoms with Crippen molar-refractivity contribution in [2.45, 2.75) is 19.4 Å². The van der Waals surface area contributed by atoms with Gasteiger partial charge in [-0.25, -0.2) is 4.98 Å². The van der Waals surface area contributed by atoms with E-state index >= 15 is 0 Å². The number of hydrogen-bond donors (Lipinski definition) is 3. The molecule has 1 saturated heterocycles. The molecule has 5 rings (SSSR count). The molecule has 0 aliphatic carbocycles. The van der Waals surface area contributed by atoms with Crippen LogP contribution in [0.15, 0.2) is 47.3 Å². The second-order valence-electron chi connectivity index (χ2n) is 7.39. The number of fused-ring (bicyclic) bond motifs is 1. The number of rotatable bonds is 4. The fourth-order valence-corrected chi connectivity index (χ4v) is 3.68. The summed E-state index contributed by atoms with van der Waals surface area (Å²) in [7, 11) is 0. The van der Waals surface area contributed by atoms with Gasteiger partial charge in [0.2, 0.25) is 5.89 Å². The second kappa shape index (κ2) is 7.27. The average Bonchev–Trinajstić information content (AvgIpc) is 3.47.